The Hall–Kier alpha value is -1.69. The van der Waals surface area contributed by atoms with Crippen molar-refractivity contribution < 1.29 is 9.53 Å². The van der Waals surface area contributed by atoms with Crippen LogP contribution in [0.1, 0.15) is 30.8 Å². The number of carbonyl (C=O) groups is 1. The zero-order valence-electron chi connectivity index (χ0n) is 11.8. The molecule has 2 N–H and O–H groups in total. The molecular weight excluding hydrogens is 244 g/mol. The van der Waals surface area contributed by atoms with E-state index in [9.17, 15) is 4.79 Å². The Morgan fingerprint density at radius 3 is 2.89 bits per heavy atom. The van der Waals surface area contributed by atoms with Gasteiger partial charge in [0.2, 0.25) is 5.95 Å². The number of rotatable bonds is 8. The van der Waals surface area contributed by atoms with E-state index in [2.05, 4.69) is 34.4 Å². The standard InChI is InChI=1S/C13H22N4O2/c1-10(2)4-6-14-12(18)11-5-7-15-13(17-11)16-8-9-19-3/h5,7,10H,4,6,8-9H2,1-3H3,(H,14,18)(H,15,16,17). The first-order valence-corrected chi connectivity index (χ1v) is 6.47. The van der Waals surface area contributed by atoms with E-state index in [-0.39, 0.29) is 5.91 Å². The molecule has 0 fully saturated rings. The van der Waals surface area contributed by atoms with E-state index in [1.54, 1.807) is 19.4 Å². The smallest absolute Gasteiger partial charge is 0.270 e. The fourth-order valence-corrected chi connectivity index (χ4v) is 1.40. The Labute approximate surface area is 114 Å². The molecule has 0 spiro atoms. The average molecular weight is 266 g/mol. The topological polar surface area (TPSA) is 76.1 Å². The van der Waals surface area contributed by atoms with Crippen molar-refractivity contribution in [3.63, 3.8) is 0 Å². The van der Waals surface area contributed by atoms with E-state index < -0.39 is 0 Å². The number of nitrogens with zero attached hydrogens (tertiary/aromatic N) is 2. The fraction of sp³-hybridized carbons (Fsp3) is 0.615. The van der Waals surface area contributed by atoms with Gasteiger partial charge in [-0.2, -0.15) is 0 Å². The number of amides is 1. The van der Waals surface area contributed by atoms with Crippen LogP contribution in [0.3, 0.4) is 0 Å². The summed E-state index contributed by atoms with van der Waals surface area (Å²) in [4.78, 5) is 20.1. The van der Waals surface area contributed by atoms with Gasteiger partial charge in [0.05, 0.1) is 6.61 Å². The Bertz CT molecular complexity index is 396. The summed E-state index contributed by atoms with van der Waals surface area (Å²) in [5.74, 6) is 0.836. The first kappa shape index (κ1) is 15.4. The molecule has 1 heterocycles. The van der Waals surface area contributed by atoms with Gasteiger partial charge < -0.3 is 15.4 Å². The third-order valence-corrected chi connectivity index (χ3v) is 2.48. The molecule has 0 aliphatic rings. The third-order valence-electron chi connectivity index (χ3n) is 2.48. The van der Waals surface area contributed by atoms with Crippen molar-refractivity contribution in [1.29, 1.82) is 0 Å². The zero-order chi connectivity index (χ0) is 14.1. The summed E-state index contributed by atoms with van der Waals surface area (Å²) in [5.41, 5.74) is 0.374. The van der Waals surface area contributed by atoms with Crippen molar-refractivity contribution in [2.45, 2.75) is 20.3 Å². The molecule has 1 amide bonds. The molecule has 19 heavy (non-hydrogen) atoms. The van der Waals surface area contributed by atoms with Gasteiger partial charge in [-0.25, -0.2) is 9.97 Å². The van der Waals surface area contributed by atoms with Crippen LogP contribution in [-0.4, -0.2) is 42.7 Å². The van der Waals surface area contributed by atoms with Crippen LogP contribution in [0.2, 0.25) is 0 Å². The van der Waals surface area contributed by atoms with Crippen LogP contribution in [0.4, 0.5) is 5.95 Å². The lowest BCUT2D eigenvalue weighted by molar-refractivity contribution is 0.0947. The SMILES string of the molecule is COCCNc1nccc(C(=O)NCCC(C)C)n1. The Kier molecular flexibility index (Phi) is 6.81. The number of nitrogens with one attached hydrogen (secondary N) is 2. The molecule has 6 heteroatoms. The molecule has 0 saturated carbocycles. The summed E-state index contributed by atoms with van der Waals surface area (Å²) in [6.07, 6.45) is 2.52. The lowest BCUT2D eigenvalue weighted by Gasteiger charge is -2.08. The quantitative estimate of drug-likeness (QED) is 0.694. The highest BCUT2D eigenvalue weighted by molar-refractivity contribution is 5.92. The predicted molar refractivity (Wildman–Crippen MR) is 74.2 cm³/mol. The third kappa shape index (κ3) is 6.15. The summed E-state index contributed by atoms with van der Waals surface area (Å²) < 4.78 is 4.92. The molecule has 0 unspecified atom stereocenters. The van der Waals surface area contributed by atoms with Crippen LogP contribution in [-0.2, 0) is 4.74 Å². The molecule has 1 aromatic heterocycles. The van der Waals surface area contributed by atoms with Crippen LogP contribution in [0.5, 0.6) is 0 Å². The molecule has 0 radical (unpaired) electrons. The van der Waals surface area contributed by atoms with Gasteiger partial charge in [0.1, 0.15) is 5.69 Å². The maximum Gasteiger partial charge on any atom is 0.270 e. The number of hydrogen-bond acceptors (Lipinski definition) is 5. The summed E-state index contributed by atoms with van der Waals surface area (Å²) in [6, 6.07) is 1.60. The average Bonchev–Trinajstić information content (AvgIpc) is 2.39. The van der Waals surface area contributed by atoms with E-state index in [0.29, 0.717) is 37.3 Å². The van der Waals surface area contributed by atoms with Crippen molar-refractivity contribution >= 4 is 11.9 Å². The maximum absolute atomic E-state index is 11.9. The van der Waals surface area contributed by atoms with Gasteiger partial charge in [0.15, 0.2) is 0 Å². The Balaban J connectivity index is 2.48. The highest BCUT2D eigenvalue weighted by Crippen LogP contribution is 2.01. The van der Waals surface area contributed by atoms with Gasteiger partial charge >= 0.3 is 0 Å². The van der Waals surface area contributed by atoms with Crippen LogP contribution in [0.15, 0.2) is 12.3 Å². The number of ether oxygens (including phenoxy) is 1. The zero-order valence-corrected chi connectivity index (χ0v) is 11.8. The molecule has 1 rings (SSSR count). The number of aromatic nitrogens is 2. The van der Waals surface area contributed by atoms with Crippen molar-refractivity contribution in [3.05, 3.63) is 18.0 Å². The largest absolute Gasteiger partial charge is 0.383 e. The molecule has 0 aliphatic carbocycles. The molecule has 6 nitrogen and oxygen atoms in total. The highest BCUT2D eigenvalue weighted by atomic mass is 16.5. The van der Waals surface area contributed by atoms with Crippen molar-refractivity contribution in [2.75, 3.05) is 32.1 Å². The van der Waals surface area contributed by atoms with Gasteiger partial charge in [-0.3, -0.25) is 4.79 Å². The molecule has 0 saturated heterocycles. The fourth-order valence-electron chi connectivity index (χ4n) is 1.40. The molecule has 106 valence electrons. The second kappa shape index (κ2) is 8.42. The summed E-state index contributed by atoms with van der Waals surface area (Å²) >= 11 is 0. The first-order chi connectivity index (χ1) is 9.13. The molecule has 0 atom stereocenters. The maximum atomic E-state index is 11.9. The molecule has 0 aromatic carbocycles. The lowest BCUT2D eigenvalue weighted by atomic mass is 10.1. The van der Waals surface area contributed by atoms with Gasteiger partial charge in [0.25, 0.3) is 5.91 Å². The number of carbonyl (C=O) groups excluding carboxylic acids is 1. The van der Waals surface area contributed by atoms with Gasteiger partial charge in [0, 0.05) is 26.4 Å². The Morgan fingerprint density at radius 2 is 2.21 bits per heavy atom. The molecule has 0 aliphatic heterocycles. The van der Waals surface area contributed by atoms with E-state index >= 15 is 0 Å². The lowest BCUT2D eigenvalue weighted by Crippen LogP contribution is -2.26. The first-order valence-electron chi connectivity index (χ1n) is 6.47. The van der Waals surface area contributed by atoms with Crippen LogP contribution in [0, 0.1) is 5.92 Å². The minimum atomic E-state index is -0.169. The van der Waals surface area contributed by atoms with Crippen molar-refractivity contribution in [3.8, 4) is 0 Å². The van der Waals surface area contributed by atoms with E-state index in [0.717, 1.165) is 6.42 Å². The molecule has 1 aromatic rings. The second-order valence-electron chi connectivity index (χ2n) is 4.62. The van der Waals surface area contributed by atoms with Gasteiger partial charge in [-0.05, 0) is 18.4 Å². The summed E-state index contributed by atoms with van der Waals surface area (Å²) in [6.45, 7) is 6.07. The normalized spacial score (nSPS) is 10.5. The summed E-state index contributed by atoms with van der Waals surface area (Å²) in [5, 5.41) is 5.83. The van der Waals surface area contributed by atoms with Gasteiger partial charge in [-0.1, -0.05) is 13.8 Å². The number of hydrogen-bond donors (Lipinski definition) is 2. The number of methoxy groups -OCH3 is 1. The van der Waals surface area contributed by atoms with Crippen LogP contribution >= 0.6 is 0 Å². The Morgan fingerprint density at radius 1 is 1.42 bits per heavy atom. The second-order valence-corrected chi connectivity index (χ2v) is 4.62. The molecular formula is C13H22N4O2. The van der Waals surface area contributed by atoms with E-state index in [4.69, 9.17) is 4.74 Å². The number of anilines is 1. The minimum absolute atomic E-state index is 0.169. The van der Waals surface area contributed by atoms with E-state index in [1.807, 2.05) is 0 Å². The monoisotopic (exact) mass is 266 g/mol. The summed E-state index contributed by atoms with van der Waals surface area (Å²) in [7, 11) is 1.63. The van der Waals surface area contributed by atoms with E-state index in [1.165, 1.54) is 0 Å². The minimum Gasteiger partial charge on any atom is -0.383 e. The highest BCUT2D eigenvalue weighted by Gasteiger charge is 2.08. The van der Waals surface area contributed by atoms with Crippen molar-refractivity contribution in [2.24, 2.45) is 5.92 Å². The molecule has 0 bridgehead atoms. The van der Waals surface area contributed by atoms with Crippen LogP contribution < -0.4 is 10.6 Å². The van der Waals surface area contributed by atoms with Gasteiger partial charge in [-0.15, -0.1) is 0 Å². The van der Waals surface area contributed by atoms with Crippen LogP contribution in [0.25, 0.3) is 0 Å². The van der Waals surface area contributed by atoms with Crippen molar-refractivity contribution in [1.82, 2.24) is 15.3 Å². The predicted octanol–water partition coefficient (Wildman–Crippen LogP) is 1.31.